The number of ether oxygens (including phenoxy) is 3. The fraction of sp³-hybridized carbons (Fsp3) is 0.400. The first kappa shape index (κ1) is 21.0. The van der Waals surface area contributed by atoms with Crippen molar-refractivity contribution in [1.29, 1.82) is 0 Å². The van der Waals surface area contributed by atoms with Gasteiger partial charge >= 0.3 is 12.0 Å². The number of nitrogens with zero attached hydrogens (tertiary/aromatic N) is 2. The fourth-order valence-corrected chi connectivity index (χ4v) is 4.51. The third-order valence-electron chi connectivity index (χ3n) is 5.21. The number of hydrogen-bond acceptors (Lipinski definition) is 8. The van der Waals surface area contributed by atoms with Crippen molar-refractivity contribution in [3.63, 3.8) is 0 Å². The summed E-state index contributed by atoms with van der Waals surface area (Å²) < 4.78 is 15.6. The van der Waals surface area contributed by atoms with Crippen LogP contribution in [-0.4, -0.2) is 65.9 Å². The second kappa shape index (κ2) is 8.14. The summed E-state index contributed by atoms with van der Waals surface area (Å²) in [7, 11) is 0. The van der Waals surface area contributed by atoms with Crippen molar-refractivity contribution in [2.75, 3.05) is 32.2 Å². The van der Waals surface area contributed by atoms with E-state index in [-0.39, 0.29) is 38.1 Å². The number of esters is 1. The van der Waals surface area contributed by atoms with Crippen LogP contribution in [0.5, 0.6) is 11.5 Å². The molecule has 1 N–H and O–H groups in total. The van der Waals surface area contributed by atoms with Crippen LogP contribution in [-0.2, 0) is 24.7 Å². The van der Waals surface area contributed by atoms with E-state index in [1.807, 2.05) is 0 Å². The van der Waals surface area contributed by atoms with Gasteiger partial charge in [0, 0.05) is 13.1 Å². The molecule has 0 aromatic heterocycles. The number of amides is 4. The summed E-state index contributed by atoms with van der Waals surface area (Å²) in [6.07, 6.45) is 1.25. The van der Waals surface area contributed by atoms with E-state index >= 15 is 0 Å². The van der Waals surface area contributed by atoms with Gasteiger partial charge in [-0.25, -0.2) is 9.59 Å². The van der Waals surface area contributed by atoms with Gasteiger partial charge in [0.05, 0.1) is 23.5 Å². The second-order valence-corrected chi connectivity index (χ2v) is 8.14. The first-order chi connectivity index (χ1) is 14.8. The molecule has 4 amide bonds. The molecule has 3 heterocycles. The van der Waals surface area contributed by atoms with E-state index < -0.39 is 23.4 Å². The lowest BCUT2D eigenvalue weighted by Crippen LogP contribution is -2.42. The quantitative estimate of drug-likeness (QED) is 0.393. The van der Waals surface area contributed by atoms with Crippen molar-refractivity contribution in [2.24, 2.45) is 0 Å². The van der Waals surface area contributed by atoms with Gasteiger partial charge < -0.3 is 24.4 Å². The maximum Gasteiger partial charge on any atom is 0.333 e. The lowest BCUT2D eigenvalue weighted by atomic mass is 9.91. The zero-order chi connectivity index (χ0) is 22.2. The van der Waals surface area contributed by atoms with Crippen LogP contribution >= 0.6 is 11.8 Å². The highest BCUT2D eigenvalue weighted by Gasteiger charge is 2.49. The lowest BCUT2D eigenvalue weighted by molar-refractivity contribution is -0.137. The Hall–Kier alpha value is -3.21. The molecule has 0 radical (unpaired) electrons. The van der Waals surface area contributed by atoms with Crippen LogP contribution in [0.4, 0.5) is 4.79 Å². The number of nitrogens with one attached hydrogen (secondary N) is 1. The Kier molecular flexibility index (Phi) is 5.52. The predicted molar refractivity (Wildman–Crippen MR) is 109 cm³/mol. The highest BCUT2D eigenvalue weighted by Crippen LogP contribution is 2.38. The minimum atomic E-state index is -1.27. The first-order valence-electron chi connectivity index (χ1n) is 9.69. The number of carbonyl (C=O) groups excluding carboxylic acids is 4. The van der Waals surface area contributed by atoms with Crippen LogP contribution < -0.4 is 14.8 Å². The van der Waals surface area contributed by atoms with E-state index in [9.17, 15) is 19.2 Å². The van der Waals surface area contributed by atoms with Gasteiger partial charge in [-0.3, -0.25) is 14.5 Å². The van der Waals surface area contributed by atoms with Gasteiger partial charge in [-0.05, 0) is 31.5 Å². The van der Waals surface area contributed by atoms with Crippen molar-refractivity contribution < 1.29 is 33.4 Å². The molecule has 4 rings (SSSR count). The molecule has 0 spiro atoms. The summed E-state index contributed by atoms with van der Waals surface area (Å²) in [6.45, 7) is 3.70. The fourth-order valence-electron chi connectivity index (χ4n) is 3.56. The Morgan fingerprint density at radius 2 is 1.97 bits per heavy atom. The summed E-state index contributed by atoms with van der Waals surface area (Å²) in [5, 5.41) is 3.17. The van der Waals surface area contributed by atoms with Crippen molar-refractivity contribution in [3.8, 4) is 11.5 Å². The van der Waals surface area contributed by atoms with Crippen LogP contribution in [0.3, 0.4) is 0 Å². The monoisotopic (exact) mass is 447 g/mol. The number of rotatable bonds is 6. The number of urea groups is 1. The zero-order valence-corrected chi connectivity index (χ0v) is 17.8. The highest BCUT2D eigenvalue weighted by molar-refractivity contribution is 8.04. The van der Waals surface area contributed by atoms with Crippen molar-refractivity contribution >= 4 is 35.6 Å². The van der Waals surface area contributed by atoms with E-state index in [1.54, 1.807) is 32.0 Å². The number of hydrogen-bond donors (Lipinski definition) is 1. The summed E-state index contributed by atoms with van der Waals surface area (Å²) in [6, 6.07) is 4.51. The Bertz CT molecular complexity index is 995. The molecular formula is C20H21N3O7S. The molecule has 164 valence electrons. The molecule has 2 saturated heterocycles. The average Bonchev–Trinajstić information content (AvgIpc) is 3.39. The number of fused-ring (bicyclic) bond motifs is 1. The Morgan fingerprint density at radius 3 is 2.74 bits per heavy atom. The molecular weight excluding hydrogens is 426 g/mol. The van der Waals surface area contributed by atoms with E-state index in [4.69, 9.17) is 14.2 Å². The molecule has 3 aliphatic heterocycles. The number of benzene rings is 1. The minimum absolute atomic E-state index is 0.0166. The van der Waals surface area contributed by atoms with E-state index in [0.29, 0.717) is 22.1 Å². The predicted octanol–water partition coefficient (Wildman–Crippen LogP) is 1.16. The SMILES string of the molecule is CCOC(=O)/C=C1\SCC(=O)N1CCN1C(=O)N[C@](C)(c2ccc3c(c2)OCO3)C1=O. The largest absolute Gasteiger partial charge is 0.463 e. The number of carbonyl (C=O) groups is 4. The topological polar surface area (TPSA) is 114 Å². The van der Waals surface area contributed by atoms with Gasteiger partial charge in [0.25, 0.3) is 5.91 Å². The molecule has 0 aliphatic carbocycles. The molecule has 2 fully saturated rings. The molecule has 1 aromatic carbocycles. The van der Waals surface area contributed by atoms with Gasteiger partial charge in [0.2, 0.25) is 12.7 Å². The number of thioether (sulfide) groups is 1. The van der Waals surface area contributed by atoms with Crippen LogP contribution in [0.1, 0.15) is 19.4 Å². The minimum Gasteiger partial charge on any atom is -0.463 e. The number of imide groups is 1. The van der Waals surface area contributed by atoms with Crippen LogP contribution in [0, 0.1) is 0 Å². The van der Waals surface area contributed by atoms with Gasteiger partial charge in [0.1, 0.15) is 5.54 Å². The van der Waals surface area contributed by atoms with Gasteiger partial charge in [-0.2, -0.15) is 0 Å². The molecule has 0 saturated carbocycles. The Labute approximate surface area is 182 Å². The van der Waals surface area contributed by atoms with Crippen LogP contribution in [0.25, 0.3) is 0 Å². The summed E-state index contributed by atoms with van der Waals surface area (Å²) in [5.74, 6) is 0.0766. The average molecular weight is 447 g/mol. The van der Waals surface area contributed by atoms with Gasteiger partial charge in [-0.15, -0.1) is 0 Å². The molecule has 31 heavy (non-hydrogen) atoms. The van der Waals surface area contributed by atoms with E-state index in [1.165, 1.54) is 22.7 Å². The van der Waals surface area contributed by atoms with Crippen LogP contribution in [0.15, 0.2) is 29.3 Å². The Balaban J connectivity index is 1.48. The maximum absolute atomic E-state index is 13.1. The summed E-state index contributed by atoms with van der Waals surface area (Å²) in [5.41, 5.74) is -0.709. The lowest BCUT2D eigenvalue weighted by Gasteiger charge is -2.23. The summed E-state index contributed by atoms with van der Waals surface area (Å²) >= 11 is 1.21. The molecule has 3 aliphatic rings. The smallest absolute Gasteiger partial charge is 0.333 e. The molecule has 1 atom stereocenters. The third kappa shape index (κ3) is 3.80. The Morgan fingerprint density at radius 1 is 1.23 bits per heavy atom. The molecule has 10 nitrogen and oxygen atoms in total. The molecule has 0 unspecified atom stereocenters. The maximum atomic E-state index is 13.1. The molecule has 11 heteroatoms. The highest BCUT2D eigenvalue weighted by atomic mass is 32.2. The van der Waals surface area contributed by atoms with Gasteiger partial charge in [-0.1, -0.05) is 17.8 Å². The standard InChI is InChI=1S/C20H21N3O7S/c1-3-28-17(25)9-16-22(15(24)10-31-16)6-7-23-18(26)20(2,21-19(23)27)12-4-5-13-14(8-12)30-11-29-13/h4-5,8-9H,3,6-7,10-11H2,1-2H3,(H,21,27)/b16-9-/t20-/m1/s1. The normalized spacial score (nSPS) is 23.7. The second-order valence-electron chi connectivity index (χ2n) is 7.15. The first-order valence-corrected chi connectivity index (χ1v) is 10.7. The van der Waals surface area contributed by atoms with Crippen LogP contribution in [0.2, 0.25) is 0 Å². The van der Waals surface area contributed by atoms with Crippen molar-refractivity contribution in [3.05, 3.63) is 34.9 Å². The van der Waals surface area contributed by atoms with E-state index in [0.717, 1.165) is 4.90 Å². The van der Waals surface area contributed by atoms with Crippen molar-refractivity contribution in [1.82, 2.24) is 15.1 Å². The van der Waals surface area contributed by atoms with Crippen molar-refractivity contribution in [2.45, 2.75) is 19.4 Å². The molecule has 0 bridgehead atoms. The summed E-state index contributed by atoms with van der Waals surface area (Å²) in [4.78, 5) is 52.2. The third-order valence-corrected chi connectivity index (χ3v) is 6.24. The van der Waals surface area contributed by atoms with Gasteiger partial charge in [0.15, 0.2) is 11.5 Å². The molecule has 1 aromatic rings. The zero-order valence-electron chi connectivity index (χ0n) is 17.0. The van der Waals surface area contributed by atoms with E-state index in [2.05, 4.69) is 5.32 Å².